The minimum atomic E-state index is 0.780. The molecular weight excluding hydrogens is 336 g/mol. The Morgan fingerprint density at radius 1 is 1.25 bits per heavy atom. The van der Waals surface area contributed by atoms with Crippen LogP contribution in [-0.4, -0.2) is 14.5 Å². The van der Waals surface area contributed by atoms with Gasteiger partial charge in [-0.05, 0) is 47.1 Å². The number of aromatic nitrogens is 3. The highest BCUT2D eigenvalue weighted by molar-refractivity contribution is 9.11. The van der Waals surface area contributed by atoms with Gasteiger partial charge in [-0.25, -0.2) is 9.97 Å². The fourth-order valence-electron chi connectivity index (χ4n) is 1.96. The highest BCUT2D eigenvalue weighted by Gasteiger charge is 2.08. The molecule has 0 radical (unpaired) electrons. The number of nitrogens with one attached hydrogen (secondary N) is 1. The van der Waals surface area contributed by atoms with Crippen LogP contribution in [0.3, 0.4) is 0 Å². The first-order chi connectivity index (χ1) is 9.74. The Morgan fingerprint density at radius 2 is 2.15 bits per heavy atom. The number of hydrogen-bond acceptors (Lipinski definition) is 4. The molecule has 0 bridgehead atoms. The lowest BCUT2D eigenvalue weighted by atomic mass is 10.3. The summed E-state index contributed by atoms with van der Waals surface area (Å²) in [5.74, 6) is 1.80. The quantitative estimate of drug-likeness (QED) is 0.774. The predicted molar refractivity (Wildman–Crippen MR) is 85.4 cm³/mol. The summed E-state index contributed by atoms with van der Waals surface area (Å²) in [5.41, 5.74) is 0.998. The van der Waals surface area contributed by atoms with E-state index >= 15 is 0 Å². The van der Waals surface area contributed by atoms with Crippen molar-refractivity contribution in [3.05, 3.63) is 57.3 Å². The van der Waals surface area contributed by atoms with Crippen LogP contribution in [0.1, 0.15) is 10.7 Å². The van der Waals surface area contributed by atoms with Crippen LogP contribution in [0.25, 0.3) is 5.82 Å². The zero-order chi connectivity index (χ0) is 13.9. The second-order valence-corrected chi connectivity index (χ2v) is 6.83. The lowest BCUT2D eigenvalue weighted by molar-refractivity contribution is 0.930. The van der Waals surface area contributed by atoms with E-state index < -0.39 is 0 Å². The van der Waals surface area contributed by atoms with Crippen LogP contribution in [0, 0.1) is 6.92 Å². The third-order valence-electron chi connectivity index (χ3n) is 2.92. The summed E-state index contributed by atoms with van der Waals surface area (Å²) >= 11 is 5.21. The molecule has 0 amide bonds. The van der Waals surface area contributed by atoms with E-state index in [4.69, 9.17) is 0 Å². The van der Waals surface area contributed by atoms with Gasteiger partial charge in [0.15, 0.2) is 5.82 Å². The van der Waals surface area contributed by atoms with E-state index in [1.165, 1.54) is 4.88 Å². The third-order valence-corrected chi connectivity index (χ3v) is 4.55. The van der Waals surface area contributed by atoms with Gasteiger partial charge in [0.05, 0.1) is 9.47 Å². The molecule has 3 heterocycles. The van der Waals surface area contributed by atoms with Crippen LogP contribution in [0.5, 0.6) is 0 Å². The maximum Gasteiger partial charge on any atom is 0.161 e. The molecule has 3 aromatic rings. The Kier molecular flexibility index (Phi) is 3.84. The highest BCUT2D eigenvalue weighted by Crippen LogP contribution is 2.24. The Labute approximate surface area is 129 Å². The van der Waals surface area contributed by atoms with E-state index in [9.17, 15) is 0 Å². The monoisotopic (exact) mass is 348 g/mol. The van der Waals surface area contributed by atoms with E-state index in [1.54, 1.807) is 23.7 Å². The van der Waals surface area contributed by atoms with Gasteiger partial charge in [0, 0.05) is 30.0 Å². The summed E-state index contributed by atoms with van der Waals surface area (Å²) in [6.07, 6.45) is 5.50. The number of imidazole rings is 1. The molecule has 3 rings (SSSR count). The predicted octanol–water partition coefficient (Wildman–Crippen LogP) is 4.01. The Morgan fingerprint density at radius 3 is 2.85 bits per heavy atom. The largest absolute Gasteiger partial charge is 0.377 e. The average Bonchev–Trinajstić information content (AvgIpc) is 3.05. The van der Waals surface area contributed by atoms with Crippen LogP contribution in [-0.2, 0) is 6.54 Å². The first kappa shape index (κ1) is 13.3. The molecule has 0 aliphatic heterocycles. The van der Waals surface area contributed by atoms with Gasteiger partial charge in [0.25, 0.3) is 0 Å². The van der Waals surface area contributed by atoms with E-state index in [-0.39, 0.29) is 0 Å². The Bertz CT molecular complexity index is 719. The molecule has 0 unspecified atom stereocenters. The van der Waals surface area contributed by atoms with E-state index in [0.29, 0.717) is 0 Å². The SMILES string of the molecule is Cc1nccn1-c1ncccc1NCc1ccc(Br)s1. The zero-order valence-electron chi connectivity index (χ0n) is 10.9. The Hall–Kier alpha value is -1.66. The summed E-state index contributed by atoms with van der Waals surface area (Å²) in [5, 5.41) is 3.44. The minimum Gasteiger partial charge on any atom is -0.377 e. The molecule has 0 aliphatic rings. The molecule has 1 N–H and O–H groups in total. The molecule has 0 spiro atoms. The van der Waals surface area contributed by atoms with Gasteiger partial charge in [-0.15, -0.1) is 11.3 Å². The lowest BCUT2D eigenvalue weighted by Gasteiger charge is -2.11. The molecule has 20 heavy (non-hydrogen) atoms. The van der Waals surface area contributed by atoms with E-state index in [0.717, 1.165) is 27.7 Å². The van der Waals surface area contributed by atoms with Gasteiger partial charge in [-0.3, -0.25) is 4.57 Å². The number of thiophene rings is 1. The fraction of sp³-hybridized carbons (Fsp3) is 0.143. The average molecular weight is 349 g/mol. The third kappa shape index (κ3) is 2.76. The summed E-state index contributed by atoms with van der Waals surface area (Å²) in [4.78, 5) is 9.97. The standard InChI is InChI=1S/C14H13BrN4S/c1-10-16-7-8-19(10)14-12(3-2-6-17-14)18-9-11-4-5-13(15)20-11/h2-8,18H,9H2,1H3. The van der Waals surface area contributed by atoms with E-state index in [2.05, 4.69) is 43.3 Å². The van der Waals surface area contributed by atoms with Crippen molar-refractivity contribution in [2.75, 3.05) is 5.32 Å². The molecule has 0 atom stereocenters. The lowest BCUT2D eigenvalue weighted by Crippen LogP contribution is -2.06. The molecular formula is C14H13BrN4S. The number of halogens is 1. The summed E-state index contributed by atoms with van der Waals surface area (Å²) in [6, 6.07) is 8.14. The fourth-order valence-corrected chi connectivity index (χ4v) is 3.38. The van der Waals surface area contributed by atoms with Crippen molar-refractivity contribution in [2.45, 2.75) is 13.5 Å². The van der Waals surface area contributed by atoms with Crippen LogP contribution in [0.4, 0.5) is 5.69 Å². The highest BCUT2D eigenvalue weighted by atomic mass is 79.9. The van der Waals surface area contributed by atoms with Gasteiger partial charge in [-0.2, -0.15) is 0 Å². The molecule has 102 valence electrons. The Balaban J connectivity index is 1.85. The van der Waals surface area contributed by atoms with Gasteiger partial charge >= 0.3 is 0 Å². The first-order valence-electron chi connectivity index (χ1n) is 6.17. The van der Waals surface area contributed by atoms with Crippen LogP contribution in [0.2, 0.25) is 0 Å². The normalized spacial score (nSPS) is 10.7. The van der Waals surface area contributed by atoms with Crippen molar-refractivity contribution in [3.8, 4) is 5.82 Å². The molecule has 4 nitrogen and oxygen atoms in total. The van der Waals surface area contributed by atoms with Crippen LogP contribution in [0.15, 0.2) is 46.6 Å². The van der Waals surface area contributed by atoms with Crippen LogP contribution < -0.4 is 5.32 Å². The molecule has 3 aromatic heterocycles. The molecule has 0 aliphatic carbocycles. The second-order valence-electron chi connectivity index (χ2n) is 4.28. The molecule has 6 heteroatoms. The van der Waals surface area contributed by atoms with Crippen LogP contribution >= 0.6 is 27.3 Å². The molecule has 0 fully saturated rings. The maximum atomic E-state index is 4.45. The topological polar surface area (TPSA) is 42.7 Å². The van der Waals surface area contributed by atoms with Gasteiger partial charge < -0.3 is 5.32 Å². The molecule has 0 saturated heterocycles. The summed E-state index contributed by atoms with van der Waals surface area (Å²) < 4.78 is 3.12. The van der Waals surface area contributed by atoms with E-state index in [1.807, 2.05) is 29.8 Å². The smallest absolute Gasteiger partial charge is 0.161 e. The van der Waals surface area contributed by atoms with Crippen molar-refractivity contribution in [1.82, 2.24) is 14.5 Å². The molecule has 0 aromatic carbocycles. The van der Waals surface area contributed by atoms with Crippen molar-refractivity contribution in [2.24, 2.45) is 0 Å². The maximum absolute atomic E-state index is 4.45. The van der Waals surface area contributed by atoms with Crippen molar-refractivity contribution in [1.29, 1.82) is 0 Å². The molecule has 0 saturated carbocycles. The minimum absolute atomic E-state index is 0.780. The number of hydrogen-bond donors (Lipinski definition) is 1. The number of anilines is 1. The van der Waals surface area contributed by atoms with Crippen molar-refractivity contribution < 1.29 is 0 Å². The summed E-state index contributed by atoms with van der Waals surface area (Å²) in [6.45, 7) is 2.75. The number of rotatable bonds is 4. The second kappa shape index (κ2) is 5.76. The first-order valence-corrected chi connectivity index (χ1v) is 7.78. The number of pyridine rings is 1. The van der Waals surface area contributed by atoms with Gasteiger partial charge in [-0.1, -0.05) is 0 Å². The zero-order valence-corrected chi connectivity index (χ0v) is 13.3. The number of nitrogens with zero attached hydrogens (tertiary/aromatic N) is 3. The number of aryl methyl sites for hydroxylation is 1. The van der Waals surface area contributed by atoms with Gasteiger partial charge in [0.1, 0.15) is 5.82 Å². The summed E-state index contributed by atoms with van der Waals surface area (Å²) in [7, 11) is 0. The van der Waals surface area contributed by atoms with Crippen molar-refractivity contribution >= 4 is 33.0 Å². The van der Waals surface area contributed by atoms with Gasteiger partial charge in [0.2, 0.25) is 0 Å². The van der Waals surface area contributed by atoms with Crippen molar-refractivity contribution in [3.63, 3.8) is 0 Å².